The number of hydrogen-bond donors (Lipinski definition) is 0. The number of rotatable bonds is 3. The van der Waals surface area contributed by atoms with E-state index in [9.17, 15) is 13.2 Å². The van der Waals surface area contributed by atoms with Crippen molar-refractivity contribution < 1.29 is 17.9 Å². The van der Waals surface area contributed by atoms with Gasteiger partial charge in [0, 0.05) is 16.4 Å². The molecular weight excluding hydrogens is 376 g/mol. The summed E-state index contributed by atoms with van der Waals surface area (Å²) in [6, 6.07) is 12.8. The Bertz CT molecular complexity index is 944. The number of carbonyl (C=O) groups excluding carboxylic acids is 1. The van der Waals surface area contributed by atoms with Crippen LogP contribution in [0.1, 0.15) is 0 Å². The molecule has 0 spiro atoms. The fourth-order valence-corrected chi connectivity index (χ4v) is 5.70. The summed E-state index contributed by atoms with van der Waals surface area (Å²) in [5.74, 6) is 0.587. The lowest BCUT2D eigenvalue weighted by Gasteiger charge is -2.23. The number of hydrogen-bond acceptors (Lipinski definition) is 4. The Balaban J connectivity index is 1.77. The molecule has 0 aliphatic carbocycles. The molecule has 2 aliphatic heterocycles. The van der Waals surface area contributed by atoms with Crippen molar-refractivity contribution in [3.8, 4) is 5.75 Å². The van der Waals surface area contributed by atoms with Gasteiger partial charge in [0.25, 0.3) is 0 Å². The lowest BCUT2D eigenvalue weighted by atomic mass is 10.1. The highest BCUT2D eigenvalue weighted by Crippen LogP contribution is 2.38. The topological polar surface area (TPSA) is 66.9 Å². The van der Waals surface area contributed by atoms with Crippen LogP contribution in [0.15, 0.2) is 48.5 Å². The van der Waals surface area contributed by atoms with Crippen molar-refractivity contribution in [3.63, 3.8) is 0 Å². The summed E-state index contributed by atoms with van der Waals surface area (Å²) in [6.07, 6.45) is 0. The lowest BCUT2D eigenvalue weighted by molar-refractivity contribution is 0.255. The van der Waals surface area contributed by atoms with Gasteiger partial charge in [-0.25, -0.2) is 13.2 Å². The van der Waals surface area contributed by atoms with Gasteiger partial charge in [0.1, 0.15) is 5.75 Å². The molecule has 2 amide bonds. The number of nitrogens with zero attached hydrogens (tertiary/aromatic N) is 2. The van der Waals surface area contributed by atoms with E-state index in [0.29, 0.717) is 22.1 Å². The zero-order chi connectivity index (χ0) is 18.5. The molecule has 6 nitrogen and oxygen atoms in total. The Labute approximate surface area is 156 Å². The Hall–Kier alpha value is -2.25. The Morgan fingerprint density at radius 2 is 1.38 bits per heavy atom. The van der Waals surface area contributed by atoms with E-state index in [1.807, 2.05) is 0 Å². The van der Waals surface area contributed by atoms with Gasteiger partial charge in [-0.2, -0.15) is 0 Å². The molecule has 0 radical (unpaired) electrons. The minimum atomic E-state index is -3.22. The van der Waals surface area contributed by atoms with E-state index in [-0.39, 0.29) is 17.5 Å². The minimum absolute atomic E-state index is 0.0421. The van der Waals surface area contributed by atoms with Crippen LogP contribution in [-0.4, -0.2) is 45.1 Å². The quantitative estimate of drug-likeness (QED) is 0.753. The predicted molar refractivity (Wildman–Crippen MR) is 101 cm³/mol. The number of methoxy groups -OCH3 is 1. The molecule has 2 aromatic carbocycles. The van der Waals surface area contributed by atoms with Crippen molar-refractivity contribution in [2.75, 3.05) is 28.4 Å². The average Bonchev–Trinajstić information content (AvgIpc) is 3.05. The van der Waals surface area contributed by atoms with Gasteiger partial charge in [0.05, 0.1) is 30.7 Å². The maximum atomic E-state index is 13.2. The molecular formula is C18H17ClN2O4S. The van der Waals surface area contributed by atoms with Crippen LogP contribution in [0, 0.1) is 0 Å². The smallest absolute Gasteiger partial charge is 0.329 e. The van der Waals surface area contributed by atoms with Gasteiger partial charge >= 0.3 is 6.03 Å². The molecule has 0 unspecified atom stereocenters. The van der Waals surface area contributed by atoms with Gasteiger partial charge in [-0.15, -0.1) is 0 Å². The summed E-state index contributed by atoms with van der Waals surface area (Å²) in [7, 11) is -1.65. The van der Waals surface area contributed by atoms with E-state index in [2.05, 4.69) is 0 Å². The molecule has 0 saturated carbocycles. The Kier molecular flexibility index (Phi) is 4.08. The van der Waals surface area contributed by atoms with E-state index in [1.165, 1.54) is 0 Å². The molecule has 2 aromatic rings. The van der Waals surface area contributed by atoms with Gasteiger partial charge in [-0.3, -0.25) is 9.80 Å². The van der Waals surface area contributed by atoms with Crippen molar-refractivity contribution >= 4 is 38.8 Å². The van der Waals surface area contributed by atoms with Crippen molar-refractivity contribution in [1.82, 2.24) is 0 Å². The first kappa shape index (κ1) is 17.2. The van der Waals surface area contributed by atoms with E-state index in [1.54, 1.807) is 65.4 Å². The van der Waals surface area contributed by atoms with Crippen LogP contribution in [0.3, 0.4) is 0 Å². The Morgan fingerprint density at radius 1 is 0.923 bits per heavy atom. The number of carbonyl (C=O) groups is 1. The van der Waals surface area contributed by atoms with Gasteiger partial charge in [-0.1, -0.05) is 11.6 Å². The van der Waals surface area contributed by atoms with E-state index in [0.717, 1.165) is 0 Å². The van der Waals surface area contributed by atoms with Crippen LogP contribution < -0.4 is 14.5 Å². The van der Waals surface area contributed by atoms with Crippen molar-refractivity contribution in [1.29, 1.82) is 0 Å². The fraction of sp³-hybridized carbons (Fsp3) is 0.278. The molecule has 2 aliphatic rings. The average molecular weight is 393 g/mol. The molecule has 136 valence electrons. The zero-order valence-electron chi connectivity index (χ0n) is 14.0. The van der Waals surface area contributed by atoms with E-state index < -0.39 is 21.9 Å². The van der Waals surface area contributed by atoms with Crippen molar-refractivity contribution in [2.45, 2.75) is 12.1 Å². The molecule has 8 heteroatoms. The maximum absolute atomic E-state index is 13.2. The molecule has 2 fully saturated rings. The first-order valence-electron chi connectivity index (χ1n) is 8.12. The second-order valence-corrected chi connectivity index (χ2v) is 9.00. The predicted octanol–water partition coefficient (Wildman–Crippen LogP) is 2.96. The number of anilines is 2. The minimum Gasteiger partial charge on any atom is -0.497 e. The lowest BCUT2D eigenvalue weighted by Crippen LogP contribution is -2.37. The third kappa shape index (κ3) is 2.81. The Morgan fingerprint density at radius 3 is 1.85 bits per heavy atom. The van der Waals surface area contributed by atoms with Crippen LogP contribution in [0.2, 0.25) is 5.02 Å². The molecule has 0 bridgehead atoms. The van der Waals surface area contributed by atoms with Gasteiger partial charge in [0.2, 0.25) is 0 Å². The molecule has 26 heavy (non-hydrogen) atoms. The number of halogens is 1. The number of fused-ring (bicyclic) bond motifs is 1. The standard InChI is InChI=1S/C18H17ClN2O4S/c1-25-15-8-6-14(7-9-15)21-17-11-26(23,24)10-16(17)20(18(21)22)13-4-2-12(19)3-5-13/h2-9,16-17H,10-11H2,1H3/t16-,17-/m1/s1. The van der Waals surface area contributed by atoms with Gasteiger partial charge in [0.15, 0.2) is 9.84 Å². The number of urea groups is 1. The highest BCUT2D eigenvalue weighted by atomic mass is 35.5. The summed E-state index contributed by atoms with van der Waals surface area (Å²) in [5, 5.41) is 0.558. The molecule has 0 aromatic heterocycles. The second-order valence-electron chi connectivity index (χ2n) is 6.41. The largest absolute Gasteiger partial charge is 0.497 e. The van der Waals surface area contributed by atoms with Crippen LogP contribution >= 0.6 is 11.6 Å². The van der Waals surface area contributed by atoms with Crippen LogP contribution in [0.4, 0.5) is 16.2 Å². The fourth-order valence-electron chi connectivity index (χ4n) is 3.65. The third-order valence-corrected chi connectivity index (χ3v) is 6.78. The van der Waals surface area contributed by atoms with Gasteiger partial charge < -0.3 is 4.74 Å². The highest BCUT2D eigenvalue weighted by molar-refractivity contribution is 7.91. The molecule has 2 saturated heterocycles. The summed E-state index contributed by atoms with van der Waals surface area (Å²) in [6.45, 7) is 0. The molecule has 2 heterocycles. The van der Waals surface area contributed by atoms with E-state index >= 15 is 0 Å². The summed E-state index contributed by atoms with van der Waals surface area (Å²) in [5.41, 5.74) is 1.29. The molecule has 4 rings (SSSR count). The van der Waals surface area contributed by atoms with Crippen molar-refractivity contribution in [2.24, 2.45) is 0 Å². The number of ether oxygens (including phenoxy) is 1. The van der Waals surface area contributed by atoms with Crippen LogP contribution in [-0.2, 0) is 9.84 Å². The van der Waals surface area contributed by atoms with Crippen molar-refractivity contribution in [3.05, 3.63) is 53.6 Å². The SMILES string of the molecule is COc1ccc(N2C(=O)N(c3ccc(Cl)cc3)[C@@H]3CS(=O)(=O)C[C@H]32)cc1. The number of benzene rings is 2. The summed E-state index contributed by atoms with van der Waals surface area (Å²) >= 11 is 5.94. The van der Waals surface area contributed by atoms with Gasteiger partial charge in [-0.05, 0) is 48.5 Å². The summed E-state index contributed by atoms with van der Waals surface area (Å²) in [4.78, 5) is 16.3. The third-order valence-electron chi connectivity index (χ3n) is 4.82. The normalized spacial score (nSPS) is 24.0. The summed E-state index contributed by atoms with van der Waals surface area (Å²) < 4.78 is 29.7. The van der Waals surface area contributed by atoms with Crippen LogP contribution in [0.5, 0.6) is 5.75 Å². The maximum Gasteiger partial charge on any atom is 0.329 e. The first-order valence-corrected chi connectivity index (χ1v) is 10.3. The highest BCUT2D eigenvalue weighted by Gasteiger charge is 2.54. The number of amides is 2. The first-order chi connectivity index (χ1) is 12.4. The molecule has 2 atom stereocenters. The second kappa shape index (κ2) is 6.17. The zero-order valence-corrected chi connectivity index (χ0v) is 15.6. The monoisotopic (exact) mass is 392 g/mol. The number of sulfone groups is 1. The van der Waals surface area contributed by atoms with Crippen LogP contribution in [0.25, 0.3) is 0 Å². The molecule has 0 N–H and O–H groups in total. The van der Waals surface area contributed by atoms with E-state index in [4.69, 9.17) is 16.3 Å².